The Morgan fingerprint density at radius 2 is 2.00 bits per heavy atom. The van der Waals surface area contributed by atoms with E-state index < -0.39 is 0 Å². The fourth-order valence-corrected chi connectivity index (χ4v) is 1.80. The van der Waals surface area contributed by atoms with Gasteiger partial charge in [0, 0.05) is 5.56 Å². The Hall–Kier alpha value is -2.29. The summed E-state index contributed by atoms with van der Waals surface area (Å²) in [5, 5.41) is 9.49. The van der Waals surface area contributed by atoms with Crippen LogP contribution in [0.5, 0.6) is 11.5 Å². The first kappa shape index (κ1) is 12.2. The molecule has 0 aliphatic rings. The van der Waals surface area contributed by atoms with Crippen LogP contribution in [0.3, 0.4) is 0 Å². The molecule has 0 amide bonds. The quantitative estimate of drug-likeness (QED) is 0.837. The van der Waals surface area contributed by atoms with Gasteiger partial charge in [-0.3, -0.25) is 4.79 Å². The standard InChI is InChI=1S/C15H14O3/c1-2-18-15-6-4-3-5-13(15)11-7-8-14(17)12(9-11)10-16/h3-10,17H,2H2,1H3. The normalized spacial score (nSPS) is 10.1. The number of carbonyl (C=O) groups excluding carboxylic acids is 1. The second-order valence-electron chi connectivity index (χ2n) is 3.82. The minimum atomic E-state index is -0.0114. The van der Waals surface area contributed by atoms with Crippen LogP contribution >= 0.6 is 0 Å². The van der Waals surface area contributed by atoms with E-state index in [1.54, 1.807) is 12.1 Å². The number of aromatic hydroxyl groups is 1. The Balaban J connectivity index is 2.51. The smallest absolute Gasteiger partial charge is 0.153 e. The van der Waals surface area contributed by atoms with Crippen molar-refractivity contribution in [1.82, 2.24) is 0 Å². The topological polar surface area (TPSA) is 46.5 Å². The molecule has 2 aromatic rings. The predicted octanol–water partition coefficient (Wildman–Crippen LogP) is 3.27. The summed E-state index contributed by atoms with van der Waals surface area (Å²) in [5.74, 6) is 0.755. The molecule has 0 fully saturated rings. The monoisotopic (exact) mass is 242 g/mol. The minimum Gasteiger partial charge on any atom is -0.507 e. The van der Waals surface area contributed by atoms with Gasteiger partial charge in [-0.1, -0.05) is 24.3 Å². The lowest BCUT2D eigenvalue weighted by Crippen LogP contribution is -1.94. The van der Waals surface area contributed by atoms with Gasteiger partial charge in [-0.05, 0) is 30.7 Å². The third-order valence-electron chi connectivity index (χ3n) is 2.65. The van der Waals surface area contributed by atoms with Crippen LogP contribution < -0.4 is 4.74 Å². The SMILES string of the molecule is CCOc1ccccc1-c1ccc(O)c(C=O)c1. The van der Waals surface area contributed by atoms with Gasteiger partial charge in [-0.25, -0.2) is 0 Å². The first-order valence-electron chi connectivity index (χ1n) is 5.76. The molecule has 0 aliphatic heterocycles. The van der Waals surface area contributed by atoms with Gasteiger partial charge in [0.1, 0.15) is 11.5 Å². The number of hydrogen-bond acceptors (Lipinski definition) is 3. The summed E-state index contributed by atoms with van der Waals surface area (Å²) in [7, 11) is 0. The van der Waals surface area contributed by atoms with E-state index in [1.165, 1.54) is 6.07 Å². The van der Waals surface area contributed by atoms with Crippen LogP contribution in [0.15, 0.2) is 42.5 Å². The summed E-state index contributed by atoms with van der Waals surface area (Å²) in [4.78, 5) is 10.8. The van der Waals surface area contributed by atoms with Gasteiger partial charge < -0.3 is 9.84 Å². The summed E-state index contributed by atoms with van der Waals surface area (Å²) in [6, 6.07) is 12.5. The lowest BCUT2D eigenvalue weighted by atomic mass is 10.0. The molecule has 92 valence electrons. The van der Waals surface area contributed by atoms with Crippen molar-refractivity contribution in [3.63, 3.8) is 0 Å². The molecule has 0 heterocycles. The summed E-state index contributed by atoms with van der Waals surface area (Å²) in [6.07, 6.45) is 0.641. The van der Waals surface area contributed by atoms with Crippen LogP contribution in [0.1, 0.15) is 17.3 Å². The predicted molar refractivity (Wildman–Crippen MR) is 70.1 cm³/mol. The number of para-hydroxylation sites is 1. The maximum atomic E-state index is 10.8. The molecule has 0 bridgehead atoms. The summed E-state index contributed by atoms with van der Waals surface area (Å²) in [6.45, 7) is 2.50. The van der Waals surface area contributed by atoms with Crippen LogP contribution in [0.2, 0.25) is 0 Å². The van der Waals surface area contributed by atoms with Crippen molar-refractivity contribution >= 4 is 6.29 Å². The average molecular weight is 242 g/mol. The molecule has 3 nitrogen and oxygen atoms in total. The van der Waals surface area contributed by atoms with Gasteiger partial charge in [-0.2, -0.15) is 0 Å². The van der Waals surface area contributed by atoms with Gasteiger partial charge >= 0.3 is 0 Å². The first-order valence-corrected chi connectivity index (χ1v) is 5.76. The van der Waals surface area contributed by atoms with E-state index in [9.17, 15) is 9.90 Å². The highest BCUT2D eigenvalue weighted by Gasteiger charge is 2.08. The molecule has 2 rings (SSSR count). The lowest BCUT2D eigenvalue weighted by molar-refractivity contribution is 0.112. The maximum absolute atomic E-state index is 10.8. The van der Waals surface area contributed by atoms with Crippen molar-refractivity contribution in [1.29, 1.82) is 0 Å². The second-order valence-corrected chi connectivity index (χ2v) is 3.82. The van der Waals surface area contributed by atoms with Gasteiger partial charge in [-0.15, -0.1) is 0 Å². The highest BCUT2D eigenvalue weighted by atomic mass is 16.5. The zero-order valence-corrected chi connectivity index (χ0v) is 10.1. The number of hydrogen-bond donors (Lipinski definition) is 1. The molecule has 1 N–H and O–H groups in total. The Morgan fingerprint density at radius 3 is 2.72 bits per heavy atom. The highest BCUT2D eigenvalue weighted by Crippen LogP contribution is 2.32. The van der Waals surface area contributed by atoms with E-state index in [2.05, 4.69) is 0 Å². The van der Waals surface area contributed by atoms with Crippen molar-refractivity contribution in [2.75, 3.05) is 6.61 Å². The number of phenolic OH excluding ortho intramolecular Hbond substituents is 1. The Bertz CT molecular complexity index is 561. The Labute approximate surface area is 106 Å². The Kier molecular flexibility index (Phi) is 3.63. The lowest BCUT2D eigenvalue weighted by Gasteiger charge is -2.10. The largest absolute Gasteiger partial charge is 0.507 e. The fraction of sp³-hybridized carbons (Fsp3) is 0.133. The molecule has 0 saturated carbocycles. The number of ether oxygens (including phenoxy) is 1. The summed E-state index contributed by atoms with van der Waals surface area (Å²) in [5.41, 5.74) is 2.03. The number of benzene rings is 2. The molecule has 0 saturated heterocycles. The van der Waals surface area contributed by atoms with Crippen LogP contribution in [0.4, 0.5) is 0 Å². The second kappa shape index (κ2) is 5.36. The molecule has 0 aromatic heterocycles. The number of rotatable bonds is 4. The van der Waals surface area contributed by atoms with Gasteiger partial charge in [0.2, 0.25) is 0 Å². The van der Waals surface area contributed by atoms with Crippen LogP contribution in [-0.2, 0) is 0 Å². The van der Waals surface area contributed by atoms with Crippen molar-refractivity contribution < 1.29 is 14.6 Å². The molecule has 0 aliphatic carbocycles. The van der Waals surface area contributed by atoms with E-state index in [4.69, 9.17) is 4.74 Å². The van der Waals surface area contributed by atoms with E-state index in [0.29, 0.717) is 12.9 Å². The van der Waals surface area contributed by atoms with Crippen LogP contribution in [-0.4, -0.2) is 18.0 Å². The van der Waals surface area contributed by atoms with Gasteiger partial charge in [0.05, 0.1) is 12.2 Å². The van der Waals surface area contributed by atoms with Gasteiger partial charge in [0.25, 0.3) is 0 Å². The molecule has 0 atom stereocenters. The number of aldehydes is 1. The highest BCUT2D eigenvalue weighted by molar-refractivity contribution is 5.83. The summed E-state index contributed by atoms with van der Waals surface area (Å²) >= 11 is 0. The first-order chi connectivity index (χ1) is 8.76. The number of phenols is 1. The number of carbonyl (C=O) groups is 1. The minimum absolute atomic E-state index is 0.0114. The van der Waals surface area contributed by atoms with Gasteiger partial charge in [0.15, 0.2) is 6.29 Å². The molecule has 18 heavy (non-hydrogen) atoms. The third-order valence-corrected chi connectivity index (χ3v) is 2.65. The Morgan fingerprint density at radius 1 is 1.22 bits per heavy atom. The van der Waals surface area contributed by atoms with E-state index in [-0.39, 0.29) is 11.3 Å². The maximum Gasteiger partial charge on any atom is 0.153 e. The zero-order valence-electron chi connectivity index (χ0n) is 10.1. The fourth-order valence-electron chi connectivity index (χ4n) is 1.80. The van der Waals surface area contributed by atoms with Crippen molar-refractivity contribution in [3.05, 3.63) is 48.0 Å². The molecule has 0 spiro atoms. The average Bonchev–Trinajstić information content (AvgIpc) is 2.40. The molecule has 0 radical (unpaired) electrons. The molecule has 0 unspecified atom stereocenters. The molecular weight excluding hydrogens is 228 g/mol. The third kappa shape index (κ3) is 2.35. The van der Waals surface area contributed by atoms with Crippen LogP contribution in [0, 0.1) is 0 Å². The zero-order chi connectivity index (χ0) is 13.0. The summed E-state index contributed by atoms with van der Waals surface area (Å²) < 4.78 is 5.54. The van der Waals surface area contributed by atoms with E-state index in [0.717, 1.165) is 16.9 Å². The molecular formula is C15H14O3. The van der Waals surface area contributed by atoms with E-state index >= 15 is 0 Å². The van der Waals surface area contributed by atoms with Crippen molar-refractivity contribution in [2.45, 2.75) is 6.92 Å². The van der Waals surface area contributed by atoms with Crippen molar-refractivity contribution in [2.24, 2.45) is 0 Å². The van der Waals surface area contributed by atoms with E-state index in [1.807, 2.05) is 31.2 Å². The van der Waals surface area contributed by atoms with Crippen LogP contribution in [0.25, 0.3) is 11.1 Å². The molecule has 2 aromatic carbocycles. The van der Waals surface area contributed by atoms with Crippen molar-refractivity contribution in [3.8, 4) is 22.6 Å². The molecule has 3 heteroatoms.